The van der Waals surface area contributed by atoms with Crippen molar-refractivity contribution in [1.82, 2.24) is 5.32 Å². The van der Waals surface area contributed by atoms with Crippen LogP contribution < -0.4 is 10.2 Å². The van der Waals surface area contributed by atoms with Crippen LogP contribution in [0, 0.1) is 5.92 Å². The monoisotopic (exact) mass is 326 g/mol. The van der Waals surface area contributed by atoms with Crippen molar-refractivity contribution in [2.75, 3.05) is 25.0 Å². The number of hydrogen-bond acceptors (Lipinski definition) is 2. The van der Waals surface area contributed by atoms with Crippen LogP contribution in [0.5, 0.6) is 0 Å². The lowest BCUT2D eigenvalue weighted by Crippen LogP contribution is -2.23. The average Bonchev–Trinajstić information content (AvgIpc) is 2.35. The molecule has 0 aliphatic carbocycles. The van der Waals surface area contributed by atoms with Crippen LogP contribution in [0.2, 0.25) is 0 Å². The van der Waals surface area contributed by atoms with E-state index in [4.69, 9.17) is 0 Å². The SMILES string of the molecule is CCCCN(C)c1ccc(Br)cc1CNCC(C)C. The van der Waals surface area contributed by atoms with Gasteiger partial charge in [-0.1, -0.05) is 43.1 Å². The molecular weight excluding hydrogens is 300 g/mol. The maximum Gasteiger partial charge on any atom is 0.0410 e. The topological polar surface area (TPSA) is 15.3 Å². The van der Waals surface area contributed by atoms with Gasteiger partial charge in [0.1, 0.15) is 0 Å². The van der Waals surface area contributed by atoms with Crippen LogP contribution in [0.15, 0.2) is 22.7 Å². The molecule has 1 N–H and O–H groups in total. The molecule has 0 heterocycles. The molecule has 19 heavy (non-hydrogen) atoms. The minimum Gasteiger partial charge on any atom is -0.374 e. The van der Waals surface area contributed by atoms with Crippen molar-refractivity contribution < 1.29 is 0 Å². The Hall–Kier alpha value is -0.540. The van der Waals surface area contributed by atoms with Gasteiger partial charge in [0.25, 0.3) is 0 Å². The largest absolute Gasteiger partial charge is 0.374 e. The number of benzene rings is 1. The summed E-state index contributed by atoms with van der Waals surface area (Å²) in [5.74, 6) is 0.688. The quantitative estimate of drug-likeness (QED) is 0.760. The van der Waals surface area contributed by atoms with E-state index in [0.717, 1.165) is 24.1 Å². The molecular formula is C16H27BrN2. The van der Waals surface area contributed by atoms with Gasteiger partial charge in [0.05, 0.1) is 0 Å². The second-order valence-corrected chi connectivity index (χ2v) is 6.49. The molecule has 0 amide bonds. The van der Waals surface area contributed by atoms with Gasteiger partial charge in [-0.15, -0.1) is 0 Å². The van der Waals surface area contributed by atoms with E-state index in [1.54, 1.807) is 0 Å². The lowest BCUT2D eigenvalue weighted by atomic mass is 10.1. The van der Waals surface area contributed by atoms with Crippen molar-refractivity contribution in [3.05, 3.63) is 28.2 Å². The van der Waals surface area contributed by atoms with Crippen LogP contribution in [-0.4, -0.2) is 20.1 Å². The minimum atomic E-state index is 0.688. The summed E-state index contributed by atoms with van der Waals surface area (Å²) >= 11 is 3.57. The molecule has 3 heteroatoms. The normalized spacial score (nSPS) is 11.1. The first-order chi connectivity index (χ1) is 9.04. The summed E-state index contributed by atoms with van der Waals surface area (Å²) < 4.78 is 1.15. The van der Waals surface area contributed by atoms with Gasteiger partial charge in [-0.2, -0.15) is 0 Å². The summed E-state index contributed by atoms with van der Waals surface area (Å²) in [5.41, 5.74) is 2.71. The Kier molecular flexibility index (Phi) is 7.47. The van der Waals surface area contributed by atoms with E-state index < -0.39 is 0 Å². The number of anilines is 1. The van der Waals surface area contributed by atoms with Crippen LogP contribution >= 0.6 is 15.9 Å². The maximum absolute atomic E-state index is 3.57. The number of nitrogens with one attached hydrogen (secondary N) is 1. The maximum atomic E-state index is 3.57. The highest BCUT2D eigenvalue weighted by molar-refractivity contribution is 9.10. The van der Waals surface area contributed by atoms with Crippen LogP contribution in [0.3, 0.4) is 0 Å². The molecule has 0 spiro atoms. The van der Waals surface area contributed by atoms with Gasteiger partial charge in [-0.25, -0.2) is 0 Å². The summed E-state index contributed by atoms with van der Waals surface area (Å²) in [6.07, 6.45) is 2.48. The van der Waals surface area contributed by atoms with Crippen molar-refractivity contribution >= 4 is 21.6 Å². The average molecular weight is 327 g/mol. The van der Waals surface area contributed by atoms with E-state index in [0.29, 0.717) is 5.92 Å². The summed E-state index contributed by atoms with van der Waals surface area (Å²) in [7, 11) is 2.19. The third-order valence-electron chi connectivity index (χ3n) is 3.17. The molecule has 0 radical (unpaired) electrons. The fraction of sp³-hybridized carbons (Fsp3) is 0.625. The van der Waals surface area contributed by atoms with Crippen LogP contribution in [0.4, 0.5) is 5.69 Å². The number of nitrogens with zero attached hydrogens (tertiary/aromatic N) is 1. The zero-order chi connectivity index (χ0) is 14.3. The Morgan fingerprint density at radius 2 is 2.05 bits per heavy atom. The summed E-state index contributed by atoms with van der Waals surface area (Å²) in [6.45, 7) is 9.83. The van der Waals surface area contributed by atoms with Crippen LogP contribution in [0.1, 0.15) is 39.2 Å². The van der Waals surface area contributed by atoms with Crippen LogP contribution in [0.25, 0.3) is 0 Å². The zero-order valence-corrected chi connectivity index (χ0v) is 14.3. The Bertz CT molecular complexity index is 377. The molecule has 0 bridgehead atoms. The Morgan fingerprint density at radius 3 is 2.68 bits per heavy atom. The molecule has 108 valence electrons. The second kappa shape index (κ2) is 8.60. The van der Waals surface area contributed by atoms with E-state index in [1.165, 1.54) is 24.1 Å². The van der Waals surface area contributed by atoms with Gasteiger partial charge in [-0.3, -0.25) is 0 Å². The van der Waals surface area contributed by atoms with Crippen molar-refractivity contribution in [3.63, 3.8) is 0 Å². The summed E-state index contributed by atoms with van der Waals surface area (Å²) in [6, 6.07) is 6.57. The standard InChI is InChI=1S/C16H27BrN2/c1-5-6-9-19(4)16-8-7-15(17)10-14(16)12-18-11-13(2)3/h7-8,10,13,18H,5-6,9,11-12H2,1-4H3. The first-order valence-corrected chi connectivity index (χ1v) is 8.04. The van der Waals surface area contributed by atoms with Gasteiger partial charge < -0.3 is 10.2 Å². The molecule has 2 nitrogen and oxygen atoms in total. The molecule has 1 rings (SSSR count). The first-order valence-electron chi connectivity index (χ1n) is 7.24. The highest BCUT2D eigenvalue weighted by atomic mass is 79.9. The lowest BCUT2D eigenvalue weighted by molar-refractivity contribution is 0.552. The number of hydrogen-bond donors (Lipinski definition) is 1. The highest BCUT2D eigenvalue weighted by Crippen LogP contribution is 2.24. The number of rotatable bonds is 8. The van der Waals surface area contributed by atoms with Gasteiger partial charge in [0.15, 0.2) is 0 Å². The molecule has 0 unspecified atom stereocenters. The van der Waals surface area contributed by atoms with E-state index >= 15 is 0 Å². The fourth-order valence-electron chi connectivity index (χ4n) is 2.08. The first kappa shape index (κ1) is 16.5. The van der Waals surface area contributed by atoms with Crippen molar-refractivity contribution in [3.8, 4) is 0 Å². The Labute approximate surface area is 126 Å². The second-order valence-electron chi connectivity index (χ2n) is 5.57. The van der Waals surface area contributed by atoms with E-state index in [-0.39, 0.29) is 0 Å². The predicted octanol–water partition coefficient (Wildman–Crippen LogP) is 4.43. The summed E-state index contributed by atoms with van der Waals surface area (Å²) in [5, 5.41) is 3.53. The molecule has 0 saturated carbocycles. The van der Waals surface area contributed by atoms with Gasteiger partial charge in [-0.05, 0) is 42.6 Å². The van der Waals surface area contributed by atoms with Crippen molar-refractivity contribution in [2.24, 2.45) is 5.92 Å². The highest BCUT2D eigenvalue weighted by Gasteiger charge is 2.08. The molecule has 1 aromatic carbocycles. The third kappa shape index (κ3) is 5.96. The minimum absolute atomic E-state index is 0.688. The zero-order valence-electron chi connectivity index (χ0n) is 12.7. The molecule has 0 aromatic heterocycles. The third-order valence-corrected chi connectivity index (χ3v) is 3.66. The van der Waals surface area contributed by atoms with Crippen molar-refractivity contribution in [2.45, 2.75) is 40.2 Å². The van der Waals surface area contributed by atoms with Crippen molar-refractivity contribution in [1.29, 1.82) is 0 Å². The lowest BCUT2D eigenvalue weighted by Gasteiger charge is -2.23. The molecule has 0 atom stereocenters. The van der Waals surface area contributed by atoms with E-state index in [2.05, 4.69) is 72.2 Å². The Balaban J connectivity index is 2.73. The fourth-order valence-corrected chi connectivity index (χ4v) is 2.49. The van der Waals surface area contributed by atoms with Crippen LogP contribution in [-0.2, 0) is 6.54 Å². The predicted molar refractivity (Wildman–Crippen MR) is 88.9 cm³/mol. The van der Waals surface area contributed by atoms with Gasteiger partial charge >= 0.3 is 0 Å². The molecule has 1 aromatic rings. The number of halogens is 1. The van der Waals surface area contributed by atoms with E-state index in [1.807, 2.05) is 0 Å². The molecule has 0 fully saturated rings. The molecule has 0 aliphatic heterocycles. The molecule has 0 saturated heterocycles. The number of unbranched alkanes of at least 4 members (excludes halogenated alkanes) is 1. The molecule has 0 aliphatic rings. The summed E-state index contributed by atoms with van der Waals surface area (Å²) in [4.78, 5) is 2.36. The van der Waals surface area contributed by atoms with E-state index in [9.17, 15) is 0 Å². The smallest absolute Gasteiger partial charge is 0.0410 e. The Morgan fingerprint density at radius 1 is 1.32 bits per heavy atom. The van der Waals surface area contributed by atoms with Gasteiger partial charge in [0.2, 0.25) is 0 Å². The van der Waals surface area contributed by atoms with Gasteiger partial charge in [0, 0.05) is 30.3 Å².